The Kier molecular flexibility index (Phi) is 6.96. The van der Waals surface area contributed by atoms with E-state index in [0.29, 0.717) is 29.3 Å². The largest absolute Gasteiger partial charge is 0.497 e. The van der Waals surface area contributed by atoms with E-state index in [2.05, 4.69) is 0 Å². The van der Waals surface area contributed by atoms with Crippen molar-refractivity contribution in [2.24, 2.45) is 7.05 Å². The van der Waals surface area contributed by atoms with Crippen molar-refractivity contribution in [3.8, 4) is 22.8 Å². The number of esters is 1. The van der Waals surface area contributed by atoms with E-state index in [9.17, 15) is 14.4 Å². The molecule has 36 heavy (non-hydrogen) atoms. The predicted molar refractivity (Wildman–Crippen MR) is 137 cm³/mol. The van der Waals surface area contributed by atoms with E-state index >= 15 is 0 Å². The molecule has 0 radical (unpaired) electrons. The third-order valence-corrected chi connectivity index (χ3v) is 6.45. The fourth-order valence-corrected chi connectivity index (χ4v) is 4.53. The van der Waals surface area contributed by atoms with Gasteiger partial charge in [-0.15, -0.1) is 0 Å². The van der Waals surface area contributed by atoms with Crippen molar-refractivity contribution < 1.29 is 23.8 Å². The van der Waals surface area contributed by atoms with Crippen LogP contribution in [-0.4, -0.2) is 42.7 Å². The monoisotopic (exact) mass is 488 g/mol. The van der Waals surface area contributed by atoms with Gasteiger partial charge in [0.15, 0.2) is 6.29 Å². The summed E-state index contributed by atoms with van der Waals surface area (Å²) in [4.78, 5) is 37.6. The molecule has 8 nitrogen and oxygen atoms in total. The van der Waals surface area contributed by atoms with Gasteiger partial charge in [0.25, 0.3) is 5.56 Å². The van der Waals surface area contributed by atoms with E-state index in [0.717, 1.165) is 33.9 Å². The van der Waals surface area contributed by atoms with Crippen LogP contribution in [0, 0.1) is 0 Å². The van der Waals surface area contributed by atoms with E-state index < -0.39 is 11.5 Å². The van der Waals surface area contributed by atoms with Crippen molar-refractivity contribution in [1.82, 2.24) is 9.13 Å². The van der Waals surface area contributed by atoms with Crippen molar-refractivity contribution in [3.63, 3.8) is 0 Å². The molecule has 0 bridgehead atoms. The van der Waals surface area contributed by atoms with Gasteiger partial charge in [0.2, 0.25) is 0 Å². The quantitative estimate of drug-likeness (QED) is 0.272. The van der Waals surface area contributed by atoms with Crippen LogP contribution in [0.25, 0.3) is 22.2 Å². The number of aromatic nitrogens is 2. The molecule has 0 amide bonds. The molecule has 0 spiro atoms. The van der Waals surface area contributed by atoms with Crippen LogP contribution >= 0.6 is 0 Å². The molecule has 4 rings (SSSR count). The number of hydrogen-bond donors (Lipinski definition) is 0. The zero-order chi connectivity index (χ0) is 26.0. The summed E-state index contributed by atoms with van der Waals surface area (Å²) < 4.78 is 19.2. The third-order valence-electron chi connectivity index (χ3n) is 6.45. The lowest BCUT2D eigenvalue weighted by molar-refractivity contribution is 0.0597. The van der Waals surface area contributed by atoms with Gasteiger partial charge >= 0.3 is 5.97 Å². The Bertz CT molecular complexity index is 1530. The van der Waals surface area contributed by atoms with Gasteiger partial charge in [-0.05, 0) is 53.9 Å². The van der Waals surface area contributed by atoms with Gasteiger partial charge in [-0.3, -0.25) is 9.59 Å². The molecule has 2 aromatic heterocycles. The van der Waals surface area contributed by atoms with Crippen LogP contribution in [0.4, 0.5) is 0 Å². The van der Waals surface area contributed by atoms with Gasteiger partial charge in [0.05, 0.1) is 39.3 Å². The Morgan fingerprint density at radius 3 is 2.39 bits per heavy atom. The predicted octanol–water partition coefficient (Wildman–Crippen LogP) is 4.23. The standard InChI is InChI=1S/C28H28N2O6/c1-6-17-13-23(28(33)36-5)27(32)30(15-19-7-9-22(34-3)14-25(19)35-4)26(17)18-8-10-24-20(11-18)12-21(16-31)29(24)2/h7-14,16H,6,15H2,1-5H3. The third kappa shape index (κ3) is 4.26. The van der Waals surface area contributed by atoms with Crippen molar-refractivity contribution >= 4 is 23.2 Å². The molecule has 4 aromatic rings. The number of aldehydes is 1. The normalized spacial score (nSPS) is 10.9. The number of nitrogens with zero attached hydrogens (tertiary/aromatic N) is 2. The summed E-state index contributed by atoms with van der Waals surface area (Å²) in [6, 6.07) is 14.6. The first-order valence-electron chi connectivity index (χ1n) is 11.5. The molecule has 0 unspecified atom stereocenters. The minimum Gasteiger partial charge on any atom is -0.497 e. The second-order valence-electron chi connectivity index (χ2n) is 8.37. The number of fused-ring (bicyclic) bond motifs is 1. The summed E-state index contributed by atoms with van der Waals surface area (Å²) in [5.41, 5.74) is 4.00. The number of carbonyl (C=O) groups excluding carboxylic acids is 2. The number of aryl methyl sites for hydroxylation is 2. The van der Waals surface area contributed by atoms with E-state index in [4.69, 9.17) is 14.2 Å². The van der Waals surface area contributed by atoms with Crippen LogP contribution in [0.2, 0.25) is 0 Å². The summed E-state index contributed by atoms with van der Waals surface area (Å²) >= 11 is 0. The minimum atomic E-state index is -0.689. The van der Waals surface area contributed by atoms with Crippen molar-refractivity contribution in [1.29, 1.82) is 0 Å². The lowest BCUT2D eigenvalue weighted by atomic mass is 9.99. The van der Waals surface area contributed by atoms with E-state index in [1.807, 2.05) is 48.9 Å². The molecule has 2 heterocycles. The summed E-state index contributed by atoms with van der Waals surface area (Å²) in [7, 11) is 6.21. The smallest absolute Gasteiger partial charge is 0.343 e. The lowest BCUT2D eigenvalue weighted by Crippen LogP contribution is -2.30. The molecule has 0 aliphatic carbocycles. The molecule has 0 saturated carbocycles. The van der Waals surface area contributed by atoms with E-state index in [1.165, 1.54) is 7.11 Å². The fourth-order valence-electron chi connectivity index (χ4n) is 4.53. The second kappa shape index (κ2) is 10.1. The van der Waals surface area contributed by atoms with E-state index in [-0.39, 0.29) is 12.1 Å². The lowest BCUT2D eigenvalue weighted by Gasteiger charge is -2.20. The van der Waals surface area contributed by atoms with Crippen molar-refractivity contribution in [3.05, 3.63) is 81.3 Å². The maximum Gasteiger partial charge on any atom is 0.343 e. The van der Waals surface area contributed by atoms with Gasteiger partial charge in [-0.1, -0.05) is 13.0 Å². The number of pyridine rings is 1. The first-order valence-corrected chi connectivity index (χ1v) is 11.5. The highest BCUT2D eigenvalue weighted by Gasteiger charge is 2.22. The van der Waals surface area contributed by atoms with E-state index in [1.54, 1.807) is 37.0 Å². The number of hydrogen-bond acceptors (Lipinski definition) is 6. The molecule has 0 aliphatic heterocycles. The molecular weight excluding hydrogens is 460 g/mol. The Morgan fingerprint density at radius 1 is 0.972 bits per heavy atom. The maximum absolute atomic E-state index is 13.7. The number of methoxy groups -OCH3 is 3. The highest BCUT2D eigenvalue weighted by atomic mass is 16.5. The number of ether oxygens (including phenoxy) is 3. The molecule has 186 valence electrons. The second-order valence-corrected chi connectivity index (χ2v) is 8.37. The van der Waals surface area contributed by atoms with Gasteiger partial charge < -0.3 is 23.3 Å². The van der Waals surface area contributed by atoms with Gasteiger partial charge in [0, 0.05) is 29.6 Å². The topological polar surface area (TPSA) is 88.8 Å². The average molecular weight is 489 g/mol. The minimum absolute atomic E-state index is 0.0328. The van der Waals surface area contributed by atoms with Crippen LogP contribution < -0.4 is 15.0 Å². The molecule has 8 heteroatoms. The SMILES string of the molecule is CCc1cc(C(=O)OC)c(=O)n(Cc2ccc(OC)cc2OC)c1-c1ccc2c(c1)cc(C=O)n2C. The Morgan fingerprint density at radius 2 is 1.75 bits per heavy atom. The molecule has 0 N–H and O–H groups in total. The summed E-state index contributed by atoms with van der Waals surface area (Å²) in [6.45, 7) is 2.12. The Balaban J connectivity index is 2.00. The molecular formula is C28H28N2O6. The maximum atomic E-state index is 13.7. The fraction of sp³-hybridized carbons (Fsp3) is 0.250. The van der Waals surface area contributed by atoms with Crippen LogP contribution in [0.3, 0.4) is 0 Å². The summed E-state index contributed by atoms with van der Waals surface area (Å²) in [5.74, 6) is 0.495. The first-order chi connectivity index (χ1) is 17.4. The summed E-state index contributed by atoms with van der Waals surface area (Å²) in [5, 5.41) is 0.872. The average Bonchev–Trinajstić information content (AvgIpc) is 3.23. The molecule has 2 aromatic carbocycles. The van der Waals surface area contributed by atoms with Crippen LogP contribution in [0.1, 0.15) is 38.9 Å². The number of carbonyl (C=O) groups is 2. The van der Waals surface area contributed by atoms with Gasteiger partial charge in [0.1, 0.15) is 17.1 Å². The Hall–Kier alpha value is -4.33. The first kappa shape index (κ1) is 24.8. The Labute approximate surface area is 208 Å². The van der Waals surface area contributed by atoms with Gasteiger partial charge in [-0.2, -0.15) is 0 Å². The number of benzene rings is 2. The number of rotatable bonds is 8. The van der Waals surface area contributed by atoms with Crippen molar-refractivity contribution in [2.45, 2.75) is 19.9 Å². The van der Waals surface area contributed by atoms with Gasteiger partial charge in [-0.25, -0.2) is 4.79 Å². The highest BCUT2D eigenvalue weighted by Crippen LogP contribution is 2.31. The molecule has 0 fully saturated rings. The van der Waals surface area contributed by atoms with Crippen LogP contribution in [0.5, 0.6) is 11.5 Å². The van der Waals surface area contributed by atoms with Crippen LogP contribution in [-0.2, 0) is 24.8 Å². The van der Waals surface area contributed by atoms with Crippen LogP contribution in [0.15, 0.2) is 53.3 Å². The molecule has 0 atom stereocenters. The zero-order valence-electron chi connectivity index (χ0n) is 21.0. The zero-order valence-corrected chi connectivity index (χ0v) is 21.0. The van der Waals surface area contributed by atoms with Crippen molar-refractivity contribution in [2.75, 3.05) is 21.3 Å². The summed E-state index contributed by atoms with van der Waals surface area (Å²) in [6.07, 6.45) is 1.39. The highest BCUT2D eigenvalue weighted by molar-refractivity contribution is 5.93. The molecule has 0 aliphatic rings. The molecule has 0 saturated heterocycles.